The molecule has 1 heterocycles. The molecule has 0 amide bonds. The summed E-state index contributed by atoms with van der Waals surface area (Å²) in [5.74, 6) is -0.298. The van der Waals surface area contributed by atoms with Crippen molar-refractivity contribution in [2.45, 2.75) is 13.0 Å². The van der Waals surface area contributed by atoms with Crippen molar-refractivity contribution in [1.82, 2.24) is 4.57 Å². The summed E-state index contributed by atoms with van der Waals surface area (Å²) in [4.78, 5) is 13.6. The normalized spacial score (nSPS) is 10.8. The van der Waals surface area contributed by atoms with Crippen LogP contribution in [0.5, 0.6) is 0 Å². The molecule has 122 valence electrons. The first-order valence-corrected chi connectivity index (χ1v) is 8.89. The Hall–Kier alpha value is -2.05. The molecule has 3 nitrogen and oxygen atoms in total. The lowest BCUT2D eigenvalue weighted by Gasteiger charge is -2.03. The van der Waals surface area contributed by atoms with Crippen molar-refractivity contribution in [3.8, 4) is 0 Å². The molecule has 0 saturated carbocycles. The van der Waals surface area contributed by atoms with Gasteiger partial charge in [-0.2, -0.15) is 0 Å². The Morgan fingerprint density at radius 3 is 2.46 bits per heavy atom. The summed E-state index contributed by atoms with van der Waals surface area (Å²) in [5.41, 5.74) is 1.60. The van der Waals surface area contributed by atoms with Crippen molar-refractivity contribution < 1.29 is 9.18 Å². The van der Waals surface area contributed by atoms with Gasteiger partial charge in [-0.3, -0.25) is 10.2 Å². The number of nitrogens with one attached hydrogen (secondary N) is 1. The molecular formula is C18H14BrFN2OS. The van der Waals surface area contributed by atoms with Gasteiger partial charge in [-0.1, -0.05) is 40.2 Å². The summed E-state index contributed by atoms with van der Waals surface area (Å²) in [6.07, 6.45) is 2.45. The molecule has 0 radical (unpaired) electrons. The largest absolute Gasteiger partial charge is 0.316 e. The van der Waals surface area contributed by atoms with Gasteiger partial charge in [0.2, 0.25) is 0 Å². The van der Waals surface area contributed by atoms with Crippen molar-refractivity contribution in [2.75, 3.05) is 0 Å². The fourth-order valence-electron chi connectivity index (χ4n) is 2.33. The Bertz CT molecular complexity index is 913. The summed E-state index contributed by atoms with van der Waals surface area (Å²) in [7, 11) is 0. The van der Waals surface area contributed by atoms with E-state index in [1.165, 1.54) is 23.5 Å². The maximum Gasteiger partial charge on any atom is 0.182 e. The number of Topliss-reactive ketones (excluding diaryl/α,β-unsaturated/α-hetero) is 1. The number of thiazole rings is 1. The minimum absolute atomic E-state index is 0.0351. The zero-order chi connectivity index (χ0) is 17.1. The number of nitrogens with zero attached hydrogens (tertiary/aromatic N) is 1. The van der Waals surface area contributed by atoms with Gasteiger partial charge in [-0.15, -0.1) is 11.3 Å². The third-order valence-electron chi connectivity index (χ3n) is 3.56. The highest BCUT2D eigenvalue weighted by Gasteiger charge is 2.10. The van der Waals surface area contributed by atoms with Crippen molar-refractivity contribution in [2.24, 2.45) is 0 Å². The van der Waals surface area contributed by atoms with E-state index in [9.17, 15) is 9.18 Å². The van der Waals surface area contributed by atoms with Crippen LogP contribution in [-0.2, 0) is 13.0 Å². The van der Waals surface area contributed by atoms with E-state index < -0.39 is 0 Å². The molecule has 2 aromatic carbocycles. The predicted octanol–water partition coefficient (Wildman–Crippen LogP) is 4.40. The monoisotopic (exact) mass is 404 g/mol. The quantitative estimate of drug-likeness (QED) is 0.629. The highest BCUT2D eigenvalue weighted by molar-refractivity contribution is 9.10. The molecule has 0 bridgehead atoms. The van der Waals surface area contributed by atoms with E-state index in [4.69, 9.17) is 5.41 Å². The molecule has 0 aliphatic carbocycles. The van der Waals surface area contributed by atoms with E-state index in [2.05, 4.69) is 15.9 Å². The van der Waals surface area contributed by atoms with Crippen LogP contribution in [0.25, 0.3) is 0 Å². The molecule has 0 fully saturated rings. The molecular weight excluding hydrogens is 391 g/mol. The van der Waals surface area contributed by atoms with Gasteiger partial charge in [-0.25, -0.2) is 4.39 Å². The number of aromatic nitrogens is 1. The Morgan fingerprint density at radius 2 is 1.79 bits per heavy atom. The number of carbonyl (C=O) groups excluding carboxylic acids is 1. The average molecular weight is 405 g/mol. The molecule has 0 unspecified atom stereocenters. The number of hydrogen-bond donors (Lipinski definition) is 1. The number of benzene rings is 2. The van der Waals surface area contributed by atoms with Gasteiger partial charge in [0.05, 0.1) is 6.54 Å². The molecule has 3 rings (SSSR count). The van der Waals surface area contributed by atoms with Crippen molar-refractivity contribution in [3.63, 3.8) is 0 Å². The van der Waals surface area contributed by atoms with Crippen LogP contribution < -0.4 is 4.80 Å². The summed E-state index contributed by atoms with van der Waals surface area (Å²) >= 11 is 4.67. The second-order valence-electron chi connectivity index (χ2n) is 5.36. The Kier molecular flexibility index (Phi) is 5.06. The van der Waals surface area contributed by atoms with Gasteiger partial charge >= 0.3 is 0 Å². The maximum atomic E-state index is 13.0. The molecule has 0 atom stereocenters. The molecule has 1 aromatic heterocycles. The van der Waals surface area contributed by atoms with Crippen LogP contribution in [0.4, 0.5) is 4.39 Å². The highest BCUT2D eigenvalue weighted by atomic mass is 79.9. The molecule has 0 saturated heterocycles. The summed E-state index contributed by atoms with van der Waals surface area (Å²) in [5, 5.41) is 8.04. The van der Waals surface area contributed by atoms with E-state index in [0.717, 1.165) is 14.9 Å². The van der Waals surface area contributed by atoms with Crippen LogP contribution in [-0.4, -0.2) is 10.4 Å². The molecule has 1 N–H and O–H groups in total. The van der Waals surface area contributed by atoms with Crippen molar-refractivity contribution >= 4 is 33.0 Å². The number of halogens is 2. The summed E-state index contributed by atoms with van der Waals surface area (Å²) < 4.78 is 15.5. The smallest absolute Gasteiger partial charge is 0.182 e. The lowest BCUT2D eigenvalue weighted by molar-refractivity contribution is 0.0971. The number of rotatable bonds is 5. The zero-order valence-electron chi connectivity index (χ0n) is 12.6. The van der Waals surface area contributed by atoms with E-state index >= 15 is 0 Å². The number of carbonyl (C=O) groups is 1. The lowest BCUT2D eigenvalue weighted by atomic mass is 10.1. The SMILES string of the molecule is N=c1sc(Cc2ccc(F)cc2)cn1CC(=O)c1ccc(Br)cc1. The first kappa shape index (κ1) is 16.8. The van der Waals surface area contributed by atoms with Crippen LogP contribution in [0.2, 0.25) is 0 Å². The third kappa shape index (κ3) is 4.07. The lowest BCUT2D eigenvalue weighted by Crippen LogP contribution is -2.18. The van der Waals surface area contributed by atoms with E-state index in [1.54, 1.807) is 28.8 Å². The van der Waals surface area contributed by atoms with Gasteiger partial charge in [-0.05, 0) is 29.8 Å². The third-order valence-corrected chi connectivity index (χ3v) is 5.03. The highest BCUT2D eigenvalue weighted by Crippen LogP contribution is 2.14. The van der Waals surface area contributed by atoms with Gasteiger partial charge in [0.25, 0.3) is 0 Å². The van der Waals surface area contributed by atoms with Crippen LogP contribution in [0.3, 0.4) is 0 Å². The molecule has 24 heavy (non-hydrogen) atoms. The van der Waals surface area contributed by atoms with Gasteiger partial charge < -0.3 is 4.57 Å². The first-order valence-electron chi connectivity index (χ1n) is 7.28. The Balaban J connectivity index is 1.74. The van der Waals surface area contributed by atoms with Gasteiger partial charge in [0, 0.05) is 27.5 Å². The molecule has 6 heteroatoms. The first-order chi connectivity index (χ1) is 11.5. The molecule has 0 spiro atoms. The van der Waals surface area contributed by atoms with E-state index in [0.29, 0.717) is 16.8 Å². The summed E-state index contributed by atoms with van der Waals surface area (Å²) in [6, 6.07) is 13.5. The fraction of sp³-hybridized carbons (Fsp3) is 0.111. The number of ketones is 1. The summed E-state index contributed by atoms with van der Waals surface area (Å²) in [6.45, 7) is 0.139. The topological polar surface area (TPSA) is 45.9 Å². The molecule has 3 aromatic rings. The minimum Gasteiger partial charge on any atom is -0.316 e. The number of hydrogen-bond acceptors (Lipinski definition) is 3. The predicted molar refractivity (Wildman–Crippen MR) is 95.8 cm³/mol. The molecule has 0 aliphatic heterocycles. The van der Waals surface area contributed by atoms with Gasteiger partial charge in [0.15, 0.2) is 10.6 Å². The maximum absolute atomic E-state index is 13.0. The second-order valence-corrected chi connectivity index (χ2v) is 7.39. The minimum atomic E-state index is -0.263. The van der Waals surface area contributed by atoms with Crippen LogP contribution in [0.1, 0.15) is 20.8 Å². The molecule has 0 aliphatic rings. The standard InChI is InChI=1S/C18H14BrFN2OS/c19-14-5-3-13(4-6-14)17(23)11-22-10-16(24-18(22)21)9-12-1-7-15(20)8-2-12/h1-8,10,21H,9,11H2. The van der Waals surface area contributed by atoms with Crippen molar-refractivity contribution in [1.29, 1.82) is 5.41 Å². The Morgan fingerprint density at radius 1 is 1.12 bits per heavy atom. The van der Waals surface area contributed by atoms with Crippen molar-refractivity contribution in [3.05, 3.63) is 85.8 Å². The Labute approximate surface area is 151 Å². The van der Waals surface area contributed by atoms with Crippen LogP contribution >= 0.6 is 27.3 Å². The second kappa shape index (κ2) is 7.23. The average Bonchev–Trinajstić information content (AvgIpc) is 2.89. The fourth-order valence-corrected chi connectivity index (χ4v) is 3.49. The van der Waals surface area contributed by atoms with Gasteiger partial charge in [0.1, 0.15) is 5.82 Å². The zero-order valence-corrected chi connectivity index (χ0v) is 15.0. The van der Waals surface area contributed by atoms with E-state index in [-0.39, 0.29) is 18.1 Å². The van der Waals surface area contributed by atoms with E-state index in [1.807, 2.05) is 18.3 Å². The van der Waals surface area contributed by atoms with Crippen LogP contribution in [0.15, 0.2) is 59.2 Å². The van der Waals surface area contributed by atoms with Crippen LogP contribution in [0, 0.1) is 11.2 Å².